The van der Waals surface area contributed by atoms with E-state index >= 15 is 0 Å². The molecule has 2 aromatic carbocycles. The van der Waals surface area contributed by atoms with Gasteiger partial charge < -0.3 is 9.67 Å². The highest BCUT2D eigenvalue weighted by Crippen LogP contribution is 2.54. The highest BCUT2D eigenvalue weighted by molar-refractivity contribution is 7.79. The zero-order valence-electron chi connectivity index (χ0n) is 12.9. The number of aliphatic hydroxyl groups is 1. The lowest BCUT2D eigenvalue weighted by atomic mass is 10.0. The second-order valence-electron chi connectivity index (χ2n) is 6.23. The molecule has 0 unspecified atom stereocenters. The quantitative estimate of drug-likeness (QED) is 0.876. The third-order valence-corrected chi connectivity index (χ3v) is 8.66. The molecule has 0 amide bonds. The van der Waals surface area contributed by atoms with Gasteiger partial charge in [0.1, 0.15) is 7.14 Å². The molecule has 2 aromatic rings. The molecule has 116 valence electrons. The van der Waals surface area contributed by atoms with Crippen molar-refractivity contribution in [1.82, 2.24) is 0 Å². The van der Waals surface area contributed by atoms with E-state index in [9.17, 15) is 9.67 Å². The first-order chi connectivity index (χ1) is 10.6. The molecule has 3 atom stereocenters. The van der Waals surface area contributed by atoms with E-state index in [4.69, 9.17) is 0 Å². The summed E-state index contributed by atoms with van der Waals surface area (Å²) in [4.78, 5) is 0. The molecule has 0 saturated heterocycles. The van der Waals surface area contributed by atoms with E-state index in [1.54, 1.807) is 0 Å². The van der Waals surface area contributed by atoms with Crippen molar-refractivity contribution in [3.05, 3.63) is 60.7 Å². The first-order valence-corrected chi connectivity index (χ1v) is 9.80. The number of rotatable bonds is 4. The Balaban J connectivity index is 2.10. The van der Waals surface area contributed by atoms with Crippen LogP contribution >= 0.6 is 7.14 Å². The van der Waals surface area contributed by atoms with Crippen molar-refractivity contribution >= 4 is 17.8 Å². The van der Waals surface area contributed by atoms with Crippen LogP contribution in [0.2, 0.25) is 0 Å². The van der Waals surface area contributed by atoms with Crippen LogP contribution < -0.4 is 10.6 Å². The molecule has 1 aliphatic carbocycles. The lowest BCUT2D eigenvalue weighted by Gasteiger charge is -2.31. The van der Waals surface area contributed by atoms with E-state index < -0.39 is 7.14 Å². The molecular weight excluding hydrogens is 291 g/mol. The summed E-state index contributed by atoms with van der Waals surface area (Å²) < 4.78 is 14.1. The van der Waals surface area contributed by atoms with Gasteiger partial charge in [-0.2, -0.15) is 0 Å². The van der Waals surface area contributed by atoms with Gasteiger partial charge in [0.25, 0.3) is 0 Å². The van der Waals surface area contributed by atoms with E-state index in [-0.39, 0.29) is 17.7 Å². The van der Waals surface area contributed by atoms with Crippen LogP contribution in [0.4, 0.5) is 0 Å². The minimum atomic E-state index is -2.76. The smallest absolute Gasteiger partial charge is 0.146 e. The molecule has 1 aliphatic rings. The highest BCUT2D eigenvalue weighted by atomic mass is 31.2. The Hall–Kier alpha value is -1.37. The van der Waals surface area contributed by atoms with Gasteiger partial charge in [0.05, 0.1) is 6.10 Å². The van der Waals surface area contributed by atoms with Crippen LogP contribution in [-0.2, 0) is 4.57 Å². The van der Waals surface area contributed by atoms with Crippen LogP contribution in [0.5, 0.6) is 0 Å². The third-order valence-electron chi connectivity index (χ3n) is 5.00. The average Bonchev–Trinajstić information content (AvgIpc) is 3.01. The van der Waals surface area contributed by atoms with Crippen molar-refractivity contribution in [1.29, 1.82) is 0 Å². The minimum absolute atomic E-state index is 0.0465. The molecule has 3 heteroatoms. The van der Waals surface area contributed by atoms with Crippen molar-refractivity contribution < 1.29 is 9.67 Å². The molecule has 0 heterocycles. The normalized spacial score (nSPS) is 23.4. The molecule has 1 fully saturated rings. The first-order valence-electron chi connectivity index (χ1n) is 8.03. The minimum Gasteiger partial charge on any atom is -0.393 e. The van der Waals surface area contributed by atoms with Gasteiger partial charge in [-0.15, -0.1) is 0 Å². The summed E-state index contributed by atoms with van der Waals surface area (Å²) in [6.07, 6.45) is 2.50. The summed E-state index contributed by atoms with van der Waals surface area (Å²) in [6, 6.07) is 19.5. The van der Waals surface area contributed by atoms with E-state index in [0.717, 1.165) is 29.9 Å². The standard InChI is InChI=1S/C19H23O2P/c1-15(18-13-8-14-19(18)20)22(21,16-9-4-2-5-10-16)17-11-6-3-7-12-17/h2-7,9-12,15,18-20H,8,13-14H2,1H3/t15-,18+,19-/m0/s1. The van der Waals surface area contributed by atoms with Crippen LogP contribution in [0.1, 0.15) is 26.2 Å². The molecule has 0 radical (unpaired) electrons. The van der Waals surface area contributed by atoms with Crippen LogP contribution in [0.3, 0.4) is 0 Å². The zero-order valence-corrected chi connectivity index (χ0v) is 13.8. The van der Waals surface area contributed by atoms with E-state index in [0.29, 0.717) is 0 Å². The molecule has 3 rings (SSSR count). The first kappa shape index (κ1) is 15.5. The van der Waals surface area contributed by atoms with Gasteiger partial charge >= 0.3 is 0 Å². The van der Waals surface area contributed by atoms with Crippen molar-refractivity contribution in [2.24, 2.45) is 5.92 Å². The fourth-order valence-corrected chi connectivity index (χ4v) is 7.08. The van der Waals surface area contributed by atoms with Gasteiger partial charge in [-0.3, -0.25) is 0 Å². The van der Waals surface area contributed by atoms with Gasteiger partial charge in [0.2, 0.25) is 0 Å². The van der Waals surface area contributed by atoms with E-state index in [1.165, 1.54) is 0 Å². The van der Waals surface area contributed by atoms with Gasteiger partial charge in [0, 0.05) is 16.3 Å². The number of hydrogen-bond donors (Lipinski definition) is 1. The second-order valence-corrected chi connectivity index (χ2v) is 9.40. The summed E-state index contributed by atoms with van der Waals surface area (Å²) in [6.45, 7) is 2.06. The molecule has 22 heavy (non-hydrogen) atoms. The third kappa shape index (κ3) is 2.66. The summed E-state index contributed by atoms with van der Waals surface area (Å²) in [5, 5.41) is 12.1. The lowest BCUT2D eigenvalue weighted by Crippen LogP contribution is -2.32. The molecule has 1 N–H and O–H groups in total. The van der Waals surface area contributed by atoms with Crippen molar-refractivity contribution in [3.8, 4) is 0 Å². The number of aliphatic hydroxyl groups excluding tert-OH is 1. The average molecular weight is 314 g/mol. The summed E-state index contributed by atoms with van der Waals surface area (Å²) in [5.41, 5.74) is -0.0465. The van der Waals surface area contributed by atoms with E-state index in [1.807, 2.05) is 60.7 Å². The summed E-state index contributed by atoms with van der Waals surface area (Å²) in [5.74, 6) is 0.117. The Kier molecular flexibility index (Phi) is 4.52. The largest absolute Gasteiger partial charge is 0.393 e. The number of hydrogen-bond acceptors (Lipinski definition) is 2. The maximum absolute atomic E-state index is 14.1. The van der Waals surface area contributed by atoms with Gasteiger partial charge in [-0.1, -0.05) is 74.0 Å². The van der Waals surface area contributed by atoms with Gasteiger partial charge in [0.15, 0.2) is 0 Å². The fraction of sp³-hybridized carbons (Fsp3) is 0.368. The summed E-state index contributed by atoms with van der Waals surface area (Å²) in [7, 11) is -2.76. The van der Waals surface area contributed by atoms with Crippen molar-refractivity contribution in [2.75, 3.05) is 0 Å². The van der Waals surface area contributed by atoms with Crippen molar-refractivity contribution in [3.63, 3.8) is 0 Å². The fourth-order valence-electron chi connectivity index (χ4n) is 3.72. The molecule has 0 aromatic heterocycles. The lowest BCUT2D eigenvalue weighted by molar-refractivity contribution is 0.132. The van der Waals surface area contributed by atoms with Gasteiger partial charge in [-0.05, 0) is 18.8 Å². The molecule has 0 aliphatic heterocycles. The monoisotopic (exact) mass is 314 g/mol. The predicted molar refractivity (Wildman–Crippen MR) is 92.6 cm³/mol. The number of benzene rings is 2. The molecule has 1 saturated carbocycles. The zero-order chi connectivity index (χ0) is 15.6. The second kappa shape index (κ2) is 6.40. The highest BCUT2D eigenvalue weighted by Gasteiger charge is 2.42. The Morgan fingerprint density at radius 1 is 0.955 bits per heavy atom. The Morgan fingerprint density at radius 3 is 1.86 bits per heavy atom. The predicted octanol–water partition coefficient (Wildman–Crippen LogP) is 3.55. The van der Waals surface area contributed by atoms with Crippen LogP contribution in [0.15, 0.2) is 60.7 Å². The Bertz CT molecular complexity index is 610. The van der Waals surface area contributed by atoms with Crippen LogP contribution in [-0.4, -0.2) is 16.9 Å². The van der Waals surface area contributed by atoms with Crippen LogP contribution in [0.25, 0.3) is 0 Å². The van der Waals surface area contributed by atoms with Gasteiger partial charge in [-0.25, -0.2) is 0 Å². The molecular formula is C19H23O2P. The molecule has 0 bridgehead atoms. The van der Waals surface area contributed by atoms with E-state index in [2.05, 4.69) is 6.92 Å². The molecule has 0 spiro atoms. The topological polar surface area (TPSA) is 37.3 Å². The van der Waals surface area contributed by atoms with Crippen molar-refractivity contribution in [2.45, 2.75) is 37.9 Å². The Morgan fingerprint density at radius 2 is 1.45 bits per heavy atom. The van der Waals surface area contributed by atoms with Crippen LogP contribution in [0, 0.1) is 5.92 Å². The maximum Gasteiger partial charge on any atom is 0.146 e. The Labute approximate surface area is 132 Å². The SMILES string of the molecule is C[C@@H]([C@H]1CCC[C@@H]1O)P(=O)(c1ccccc1)c1ccccc1. The summed E-state index contributed by atoms with van der Waals surface area (Å²) >= 11 is 0. The maximum atomic E-state index is 14.1. The molecule has 2 nitrogen and oxygen atoms in total.